The van der Waals surface area contributed by atoms with Gasteiger partial charge in [-0.3, -0.25) is 4.79 Å². The molecule has 1 saturated carbocycles. The van der Waals surface area contributed by atoms with Gasteiger partial charge >= 0.3 is 0 Å². The second-order valence-electron chi connectivity index (χ2n) is 5.28. The summed E-state index contributed by atoms with van der Waals surface area (Å²) < 4.78 is 5.28. The summed E-state index contributed by atoms with van der Waals surface area (Å²) in [4.78, 5) is 12.1. The van der Waals surface area contributed by atoms with Gasteiger partial charge in [0.05, 0.1) is 0 Å². The van der Waals surface area contributed by atoms with Gasteiger partial charge in [0.1, 0.15) is 0 Å². The molecule has 4 heteroatoms. The minimum Gasteiger partial charge on any atom is -0.381 e. The van der Waals surface area contributed by atoms with E-state index in [0.29, 0.717) is 18.5 Å². The van der Waals surface area contributed by atoms with Gasteiger partial charge in [0, 0.05) is 25.2 Å². The van der Waals surface area contributed by atoms with E-state index in [-0.39, 0.29) is 11.8 Å². The third kappa shape index (κ3) is 3.42. The molecule has 1 heterocycles. The normalized spacial score (nSPS) is 31.1. The van der Waals surface area contributed by atoms with Crippen molar-refractivity contribution in [1.29, 1.82) is 0 Å². The number of hydrogen-bond acceptors (Lipinski definition) is 3. The largest absolute Gasteiger partial charge is 0.381 e. The van der Waals surface area contributed by atoms with E-state index in [1.807, 2.05) is 0 Å². The zero-order valence-electron chi connectivity index (χ0n) is 10.5. The van der Waals surface area contributed by atoms with E-state index in [0.717, 1.165) is 38.9 Å². The Morgan fingerprint density at radius 3 is 2.59 bits per heavy atom. The molecule has 1 amide bonds. The van der Waals surface area contributed by atoms with Gasteiger partial charge in [0.15, 0.2) is 0 Å². The van der Waals surface area contributed by atoms with Gasteiger partial charge in [0.25, 0.3) is 0 Å². The van der Waals surface area contributed by atoms with Crippen molar-refractivity contribution in [2.75, 3.05) is 19.8 Å². The summed E-state index contributed by atoms with van der Waals surface area (Å²) in [5.41, 5.74) is 5.78. The zero-order chi connectivity index (χ0) is 12.1. The zero-order valence-corrected chi connectivity index (χ0v) is 10.5. The molecule has 2 fully saturated rings. The molecule has 4 nitrogen and oxygen atoms in total. The fourth-order valence-electron chi connectivity index (χ4n) is 2.94. The van der Waals surface area contributed by atoms with E-state index in [1.165, 1.54) is 12.8 Å². The molecule has 2 unspecified atom stereocenters. The van der Waals surface area contributed by atoms with E-state index in [9.17, 15) is 4.79 Å². The molecule has 2 atom stereocenters. The number of carbonyl (C=O) groups is 1. The van der Waals surface area contributed by atoms with Crippen molar-refractivity contribution in [2.45, 2.75) is 44.6 Å². The molecule has 17 heavy (non-hydrogen) atoms. The lowest BCUT2D eigenvalue weighted by atomic mass is 9.84. The number of nitrogens with one attached hydrogen (secondary N) is 1. The predicted octanol–water partition coefficient (Wildman–Crippen LogP) is 1.05. The summed E-state index contributed by atoms with van der Waals surface area (Å²) in [6, 6.07) is 0.309. The van der Waals surface area contributed by atoms with E-state index in [4.69, 9.17) is 10.5 Å². The van der Waals surface area contributed by atoms with Crippen molar-refractivity contribution in [3.8, 4) is 0 Å². The van der Waals surface area contributed by atoms with Crippen molar-refractivity contribution in [1.82, 2.24) is 5.32 Å². The van der Waals surface area contributed by atoms with Crippen LogP contribution in [-0.4, -0.2) is 31.7 Å². The third-order valence-corrected chi connectivity index (χ3v) is 4.13. The first-order valence-corrected chi connectivity index (χ1v) is 6.89. The Bertz CT molecular complexity index is 252. The first-order valence-electron chi connectivity index (χ1n) is 6.89. The summed E-state index contributed by atoms with van der Waals surface area (Å²) in [7, 11) is 0. The van der Waals surface area contributed by atoms with Crippen LogP contribution in [0.1, 0.15) is 38.5 Å². The topological polar surface area (TPSA) is 64.3 Å². The van der Waals surface area contributed by atoms with Gasteiger partial charge in [-0.25, -0.2) is 0 Å². The molecular formula is C13H24N2O2. The average Bonchev–Trinajstić information content (AvgIpc) is 2.40. The van der Waals surface area contributed by atoms with Gasteiger partial charge in [0.2, 0.25) is 5.91 Å². The fraction of sp³-hybridized carbons (Fsp3) is 0.923. The number of ether oxygens (including phenoxy) is 1. The third-order valence-electron chi connectivity index (χ3n) is 4.13. The van der Waals surface area contributed by atoms with Crippen molar-refractivity contribution in [2.24, 2.45) is 17.6 Å². The van der Waals surface area contributed by atoms with E-state index < -0.39 is 0 Å². The van der Waals surface area contributed by atoms with Crippen LogP contribution in [-0.2, 0) is 9.53 Å². The Morgan fingerprint density at radius 2 is 1.88 bits per heavy atom. The Balaban J connectivity index is 1.83. The fourth-order valence-corrected chi connectivity index (χ4v) is 2.94. The van der Waals surface area contributed by atoms with Crippen molar-refractivity contribution >= 4 is 5.91 Å². The maximum absolute atomic E-state index is 12.1. The molecule has 1 aliphatic heterocycles. The van der Waals surface area contributed by atoms with Crippen LogP contribution in [0.15, 0.2) is 0 Å². The Hall–Kier alpha value is -0.610. The van der Waals surface area contributed by atoms with E-state index >= 15 is 0 Å². The summed E-state index contributed by atoms with van der Waals surface area (Å²) in [6.45, 7) is 2.14. The molecule has 1 aliphatic carbocycles. The van der Waals surface area contributed by atoms with Crippen LogP contribution in [0.2, 0.25) is 0 Å². The van der Waals surface area contributed by atoms with Crippen LogP contribution in [0, 0.1) is 11.8 Å². The minimum atomic E-state index is 0.157. The van der Waals surface area contributed by atoms with Gasteiger partial charge in [-0.1, -0.05) is 12.8 Å². The summed E-state index contributed by atoms with van der Waals surface area (Å²) in [6.07, 6.45) is 6.46. The smallest absolute Gasteiger partial charge is 0.223 e. The monoisotopic (exact) mass is 240 g/mol. The maximum atomic E-state index is 12.1. The highest BCUT2D eigenvalue weighted by Gasteiger charge is 2.28. The minimum absolute atomic E-state index is 0.157. The number of amides is 1. The molecule has 3 N–H and O–H groups in total. The second-order valence-corrected chi connectivity index (χ2v) is 5.28. The highest BCUT2D eigenvalue weighted by Crippen LogP contribution is 2.24. The van der Waals surface area contributed by atoms with E-state index in [1.54, 1.807) is 0 Å². The highest BCUT2D eigenvalue weighted by molar-refractivity contribution is 5.79. The summed E-state index contributed by atoms with van der Waals surface area (Å²) >= 11 is 0. The predicted molar refractivity (Wildman–Crippen MR) is 66.5 cm³/mol. The molecule has 2 rings (SSSR count). The molecule has 2 aliphatic rings. The lowest BCUT2D eigenvalue weighted by Gasteiger charge is -2.33. The first-order chi connectivity index (χ1) is 8.31. The lowest BCUT2D eigenvalue weighted by Crippen LogP contribution is -2.47. The maximum Gasteiger partial charge on any atom is 0.223 e. The van der Waals surface area contributed by atoms with Crippen LogP contribution in [0.3, 0.4) is 0 Å². The molecule has 0 spiro atoms. The van der Waals surface area contributed by atoms with Crippen LogP contribution >= 0.6 is 0 Å². The second kappa shape index (κ2) is 6.36. The molecule has 0 aromatic rings. The molecule has 98 valence electrons. The molecular weight excluding hydrogens is 216 g/mol. The molecule has 0 radical (unpaired) electrons. The lowest BCUT2D eigenvalue weighted by molar-refractivity contribution is -0.129. The molecule has 0 aromatic carbocycles. The quantitative estimate of drug-likeness (QED) is 0.775. The summed E-state index contributed by atoms with van der Waals surface area (Å²) in [5, 5.41) is 3.22. The van der Waals surface area contributed by atoms with Gasteiger partial charge in [-0.05, 0) is 38.1 Å². The molecule has 1 saturated heterocycles. The van der Waals surface area contributed by atoms with Crippen LogP contribution in [0.25, 0.3) is 0 Å². The SMILES string of the molecule is NCC1CCCCC1NC(=O)C1CCOCC1. The van der Waals surface area contributed by atoms with E-state index in [2.05, 4.69) is 5.32 Å². The Labute approximate surface area is 103 Å². The number of nitrogens with two attached hydrogens (primary N) is 1. The van der Waals surface area contributed by atoms with Crippen molar-refractivity contribution in [3.63, 3.8) is 0 Å². The number of rotatable bonds is 3. The molecule has 0 bridgehead atoms. The number of carbonyl (C=O) groups excluding carboxylic acids is 1. The van der Waals surface area contributed by atoms with Gasteiger partial charge < -0.3 is 15.8 Å². The Morgan fingerprint density at radius 1 is 1.18 bits per heavy atom. The standard InChI is InChI=1S/C13H24N2O2/c14-9-11-3-1-2-4-12(11)15-13(16)10-5-7-17-8-6-10/h10-12H,1-9,14H2,(H,15,16). The Kier molecular flexibility index (Phi) is 4.80. The van der Waals surface area contributed by atoms with Crippen molar-refractivity contribution < 1.29 is 9.53 Å². The molecule has 0 aromatic heterocycles. The van der Waals surface area contributed by atoms with Gasteiger partial charge in [-0.2, -0.15) is 0 Å². The highest BCUT2D eigenvalue weighted by atomic mass is 16.5. The van der Waals surface area contributed by atoms with Crippen LogP contribution in [0.4, 0.5) is 0 Å². The van der Waals surface area contributed by atoms with Crippen molar-refractivity contribution in [3.05, 3.63) is 0 Å². The average molecular weight is 240 g/mol. The first kappa shape index (κ1) is 12.8. The van der Waals surface area contributed by atoms with Crippen LogP contribution < -0.4 is 11.1 Å². The number of hydrogen-bond donors (Lipinski definition) is 2. The van der Waals surface area contributed by atoms with Crippen LogP contribution in [0.5, 0.6) is 0 Å². The van der Waals surface area contributed by atoms with Gasteiger partial charge in [-0.15, -0.1) is 0 Å². The summed E-state index contributed by atoms with van der Waals surface area (Å²) in [5.74, 6) is 0.857.